The maximum Gasteiger partial charge on any atom is 0.214 e. The van der Waals surface area contributed by atoms with Crippen molar-refractivity contribution in [3.8, 4) is 0 Å². The summed E-state index contributed by atoms with van der Waals surface area (Å²) in [4.78, 5) is 5.43. The fraction of sp³-hybridized carbons (Fsp3) is 0.111. The molecule has 0 amide bonds. The molecule has 3 aromatic rings. The number of hydrogen-bond donors (Lipinski definition) is 0. The molecule has 0 bridgehead atoms. The summed E-state index contributed by atoms with van der Waals surface area (Å²) in [7, 11) is 0. The van der Waals surface area contributed by atoms with Gasteiger partial charge in [0, 0.05) is 11.5 Å². The van der Waals surface area contributed by atoms with E-state index in [1.54, 1.807) is 0 Å². The van der Waals surface area contributed by atoms with Crippen molar-refractivity contribution < 1.29 is 0 Å². The monoisotopic (exact) mass is 189 g/mol. The lowest BCUT2D eigenvalue weighted by molar-refractivity contribution is 1.10. The van der Waals surface area contributed by atoms with E-state index >= 15 is 0 Å². The molecule has 0 spiro atoms. The minimum atomic E-state index is 0.971. The second-order valence-electron chi connectivity index (χ2n) is 2.95. The van der Waals surface area contributed by atoms with Crippen LogP contribution in [0, 0.1) is 6.92 Å². The Hall–Kier alpha value is -1.42. The van der Waals surface area contributed by atoms with Crippen LogP contribution in [0.1, 0.15) is 5.82 Å². The second kappa shape index (κ2) is 2.29. The first-order valence-electron chi connectivity index (χ1n) is 4.06. The number of aromatic nitrogens is 3. The first-order chi connectivity index (χ1) is 6.36. The Balaban J connectivity index is 2.66. The second-order valence-corrected chi connectivity index (χ2v) is 3.68. The molecule has 3 rings (SSSR count). The third kappa shape index (κ3) is 0.833. The van der Waals surface area contributed by atoms with Crippen molar-refractivity contribution in [2.24, 2.45) is 0 Å². The van der Waals surface area contributed by atoms with Gasteiger partial charge in [0.15, 0.2) is 0 Å². The van der Waals surface area contributed by atoms with Crippen LogP contribution < -0.4 is 0 Å². The summed E-state index contributed by atoms with van der Waals surface area (Å²) >= 11 is 1.44. The van der Waals surface area contributed by atoms with Crippen LogP contribution in [-0.4, -0.2) is 13.8 Å². The van der Waals surface area contributed by atoms with Crippen LogP contribution >= 0.6 is 11.5 Å². The predicted octanol–water partition coefficient (Wildman–Crippen LogP) is 2.25. The summed E-state index contributed by atoms with van der Waals surface area (Å²) in [6.45, 7) is 2.00. The summed E-state index contributed by atoms with van der Waals surface area (Å²) in [6, 6.07) is 8.11. The fourth-order valence-corrected chi connectivity index (χ4v) is 2.27. The number of nitrogens with zero attached hydrogens (tertiary/aromatic N) is 3. The molecule has 0 aliphatic rings. The van der Waals surface area contributed by atoms with Crippen molar-refractivity contribution >= 4 is 27.5 Å². The normalized spacial score (nSPS) is 11.5. The Kier molecular flexibility index (Phi) is 1.24. The molecule has 1 aromatic carbocycles. The van der Waals surface area contributed by atoms with Crippen LogP contribution in [0.3, 0.4) is 0 Å². The van der Waals surface area contributed by atoms with E-state index in [1.807, 2.05) is 25.1 Å². The maximum atomic E-state index is 4.46. The van der Waals surface area contributed by atoms with Gasteiger partial charge in [-0.1, -0.05) is 12.1 Å². The van der Waals surface area contributed by atoms with Crippen LogP contribution in [0.15, 0.2) is 24.3 Å². The van der Waals surface area contributed by atoms with E-state index in [9.17, 15) is 0 Å². The Bertz CT molecular complexity index is 579. The van der Waals surface area contributed by atoms with E-state index in [4.69, 9.17) is 0 Å². The molecule has 0 radical (unpaired) electrons. The van der Waals surface area contributed by atoms with E-state index < -0.39 is 0 Å². The Labute approximate surface area is 78.8 Å². The SMILES string of the molecule is Cc1nsc2nc3ccccc3n12. The van der Waals surface area contributed by atoms with Gasteiger partial charge in [-0.25, -0.2) is 4.98 Å². The lowest BCUT2D eigenvalue weighted by Crippen LogP contribution is -1.83. The first-order valence-corrected chi connectivity index (χ1v) is 4.83. The molecule has 0 saturated carbocycles. The summed E-state index contributed by atoms with van der Waals surface area (Å²) in [6.07, 6.45) is 0. The zero-order valence-corrected chi connectivity index (χ0v) is 7.88. The van der Waals surface area contributed by atoms with Gasteiger partial charge in [-0.15, -0.1) is 0 Å². The lowest BCUT2D eigenvalue weighted by atomic mass is 10.3. The van der Waals surface area contributed by atoms with E-state index in [0.29, 0.717) is 0 Å². The third-order valence-electron chi connectivity index (χ3n) is 2.11. The maximum absolute atomic E-state index is 4.46. The molecule has 0 aliphatic carbocycles. The van der Waals surface area contributed by atoms with Gasteiger partial charge in [0.2, 0.25) is 4.96 Å². The highest BCUT2D eigenvalue weighted by Crippen LogP contribution is 2.19. The third-order valence-corrected chi connectivity index (χ3v) is 2.91. The van der Waals surface area contributed by atoms with E-state index in [0.717, 1.165) is 21.8 Å². The van der Waals surface area contributed by atoms with Crippen LogP contribution in [-0.2, 0) is 0 Å². The van der Waals surface area contributed by atoms with E-state index in [1.165, 1.54) is 11.5 Å². The van der Waals surface area contributed by atoms with Crippen molar-refractivity contribution in [2.75, 3.05) is 0 Å². The number of benzene rings is 1. The van der Waals surface area contributed by atoms with Gasteiger partial charge in [0.25, 0.3) is 0 Å². The molecule has 4 heteroatoms. The van der Waals surface area contributed by atoms with Gasteiger partial charge in [-0.05, 0) is 19.1 Å². The highest BCUT2D eigenvalue weighted by molar-refractivity contribution is 7.11. The predicted molar refractivity (Wildman–Crippen MR) is 53.1 cm³/mol. The molecule has 13 heavy (non-hydrogen) atoms. The van der Waals surface area contributed by atoms with Gasteiger partial charge in [0.1, 0.15) is 5.82 Å². The highest BCUT2D eigenvalue weighted by atomic mass is 32.1. The zero-order valence-electron chi connectivity index (χ0n) is 7.06. The average Bonchev–Trinajstić information content (AvgIpc) is 2.66. The minimum Gasteiger partial charge on any atom is -0.270 e. The van der Waals surface area contributed by atoms with Crippen molar-refractivity contribution in [1.82, 2.24) is 13.8 Å². The van der Waals surface area contributed by atoms with Gasteiger partial charge in [0.05, 0.1) is 11.0 Å². The topological polar surface area (TPSA) is 30.2 Å². The van der Waals surface area contributed by atoms with Gasteiger partial charge in [-0.3, -0.25) is 4.40 Å². The number of imidazole rings is 1. The molecule has 2 heterocycles. The first kappa shape index (κ1) is 7.03. The lowest BCUT2D eigenvalue weighted by Gasteiger charge is -1.89. The largest absolute Gasteiger partial charge is 0.270 e. The van der Waals surface area contributed by atoms with E-state index in [-0.39, 0.29) is 0 Å². The standard InChI is InChI=1S/C9H7N3S/c1-6-11-13-9-10-7-4-2-3-5-8(7)12(6)9/h2-5H,1H3. The van der Waals surface area contributed by atoms with Crippen LogP contribution in [0.2, 0.25) is 0 Å². The van der Waals surface area contributed by atoms with Crippen LogP contribution in [0.25, 0.3) is 16.0 Å². The summed E-state index contributed by atoms with van der Waals surface area (Å²) < 4.78 is 6.33. The molecule has 0 atom stereocenters. The summed E-state index contributed by atoms with van der Waals surface area (Å²) in [5, 5.41) is 0. The molecule has 0 N–H and O–H groups in total. The summed E-state index contributed by atoms with van der Waals surface area (Å²) in [5.74, 6) is 1.01. The summed E-state index contributed by atoms with van der Waals surface area (Å²) in [5.41, 5.74) is 2.18. The molecule has 0 saturated heterocycles. The van der Waals surface area contributed by atoms with Crippen LogP contribution in [0.5, 0.6) is 0 Å². The molecule has 2 aromatic heterocycles. The molecule has 0 unspecified atom stereocenters. The number of rotatable bonds is 0. The molecule has 0 fully saturated rings. The molecule has 0 aliphatic heterocycles. The molecule has 64 valence electrons. The number of hydrogen-bond acceptors (Lipinski definition) is 3. The van der Waals surface area contributed by atoms with Gasteiger partial charge >= 0.3 is 0 Å². The molecular weight excluding hydrogens is 182 g/mol. The number of aryl methyl sites for hydroxylation is 1. The Morgan fingerprint density at radius 2 is 2.15 bits per heavy atom. The van der Waals surface area contributed by atoms with Crippen molar-refractivity contribution in [3.63, 3.8) is 0 Å². The smallest absolute Gasteiger partial charge is 0.214 e. The highest BCUT2D eigenvalue weighted by Gasteiger charge is 2.07. The Morgan fingerprint density at radius 1 is 1.31 bits per heavy atom. The number of para-hydroxylation sites is 2. The minimum absolute atomic E-state index is 0.971. The fourth-order valence-electron chi connectivity index (χ4n) is 1.53. The van der Waals surface area contributed by atoms with Gasteiger partial charge < -0.3 is 0 Å². The van der Waals surface area contributed by atoms with Gasteiger partial charge in [-0.2, -0.15) is 4.37 Å². The zero-order chi connectivity index (χ0) is 8.84. The molecular formula is C9H7N3S. The van der Waals surface area contributed by atoms with Crippen molar-refractivity contribution in [1.29, 1.82) is 0 Å². The van der Waals surface area contributed by atoms with Crippen molar-refractivity contribution in [3.05, 3.63) is 30.1 Å². The molecule has 3 nitrogen and oxygen atoms in total. The Morgan fingerprint density at radius 3 is 3.08 bits per heavy atom. The average molecular weight is 189 g/mol. The quantitative estimate of drug-likeness (QED) is 0.543. The van der Waals surface area contributed by atoms with Crippen molar-refractivity contribution in [2.45, 2.75) is 6.92 Å². The van der Waals surface area contributed by atoms with E-state index in [2.05, 4.69) is 19.8 Å². The van der Waals surface area contributed by atoms with Crippen LogP contribution in [0.4, 0.5) is 0 Å². The number of fused-ring (bicyclic) bond motifs is 3.